The summed E-state index contributed by atoms with van der Waals surface area (Å²) < 4.78 is 1.74. The number of aryl methyl sites for hydroxylation is 1. The van der Waals surface area contributed by atoms with E-state index in [9.17, 15) is 4.79 Å². The second kappa shape index (κ2) is 2.87. The Balaban J connectivity index is 1.91. The first-order valence-electron chi connectivity index (χ1n) is 4.37. The van der Waals surface area contributed by atoms with Crippen molar-refractivity contribution in [1.29, 1.82) is 0 Å². The summed E-state index contributed by atoms with van der Waals surface area (Å²) in [6, 6.07) is 0. The van der Waals surface area contributed by atoms with E-state index in [0.29, 0.717) is 5.92 Å². The third-order valence-electron chi connectivity index (χ3n) is 2.50. The lowest BCUT2D eigenvalue weighted by Crippen LogP contribution is -2.00. The van der Waals surface area contributed by atoms with Gasteiger partial charge in [-0.1, -0.05) is 0 Å². The number of carbonyl (C=O) groups is 1. The molecule has 4 heteroatoms. The molecule has 1 aliphatic carbocycles. The predicted octanol–water partition coefficient (Wildman–Crippen LogP) is 0.683. The van der Waals surface area contributed by atoms with Crippen LogP contribution in [0.25, 0.3) is 0 Å². The van der Waals surface area contributed by atoms with E-state index >= 15 is 0 Å². The van der Waals surface area contributed by atoms with Crippen LogP contribution in [0, 0.1) is 11.8 Å². The Hall–Kier alpha value is -1.32. The molecule has 1 fully saturated rings. The SMILES string of the molecule is Cn1cc(C[C@@H]2C[C@H]2C(=O)O)cn1. The molecule has 0 aliphatic heterocycles. The van der Waals surface area contributed by atoms with Gasteiger partial charge in [0.2, 0.25) is 0 Å². The molecule has 1 aliphatic rings. The number of aromatic nitrogens is 2. The van der Waals surface area contributed by atoms with Crippen molar-refractivity contribution >= 4 is 5.97 Å². The Labute approximate surface area is 76.2 Å². The molecule has 70 valence electrons. The summed E-state index contributed by atoms with van der Waals surface area (Å²) >= 11 is 0. The van der Waals surface area contributed by atoms with E-state index in [0.717, 1.165) is 18.4 Å². The predicted molar refractivity (Wildman–Crippen MR) is 46.1 cm³/mol. The van der Waals surface area contributed by atoms with Gasteiger partial charge >= 0.3 is 5.97 Å². The summed E-state index contributed by atoms with van der Waals surface area (Å²) in [7, 11) is 1.87. The van der Waals surface area contributed by atoms with Gasteiger partial charge in [0.1, 0.15) is 0 Å². The van der Waals surface area contributed by atoms with Crippen molar-refractivity contribution in [1.82, 2.24) is 9.78 Å². The minimum absolute atomic E-state index is 0.111. The summed E-state index contributed by atoms with van der Waals surface area (Å²) in [6.45, 7) is 0. The third-order valence-corrected chi connectivity index (χ3v) is 2.50. The second-order valence-corrected chi connectivity index (χ2v) is 3.67. The van der Waals surface area contributed by atoms with Gasteiger partial charge in [0, 0.05) is 13.2 Å². The van der Waals surface area contributed by atoms with E-state index in [2.05, 4.69) is 5.10 Å². The van der Waals surface area contributed by atoms with Gasteiger partial charge in [-0.15, -0.1) is 0 Å². The number of hydrogen-bond acceptors (Lipinski definition) is 2. The maximum atomic E-state index is 10.5. The molecular weight excluding hydrogens is 168 g/mol. The number of hydrogen-bond donors (Lipinski definition) is 1. The zero-order chi connectivity index (χ0) is 9.42. The Bertz CT molecular complexity index is 332. The number of nitrogens with zero attached hydrogens (tertiary/aromatic N) is 2. The molecule has 1 aromatic rings. The summed E-state index contributed by atoms with van der Waals surface area (Å²) in [4.78, 5) is 10.5. The molecule has 0 unspecified atom stereocenters. The highest BCUT2D eigenvalue weighted by molar-refractivity contribution is 5.73. The van der Waals surface area contributed by atoms with E-state index in [1.54, 1.807) is 10.9 Å². The standard InChI is InChI=1S/C9H12N2O2/c1-11-5-6(4-10-11)2-7-3-8(7)9(12)13/h4-5,7-8H,2-3H2,1H3,(H,12,13)/t7-,8-/m1/s1. The fraction of sp³-hybridized carbons (Fsp3) is 0.556. The number of carboxylic acids is 1. The largest absolute Gasteiger partial charge is 0.481 e. The minimum atomic E-state index is -0.658. The first kappa shape index (κ1) is 8.29. The van der Waals surface area contributed by atoms with E-state index in [4.69, 9.17) is 5.11 Å². The highest BCUT2D eigenvalue weighted by Crippen LogP contribution is 2.40. The van der Waals surface area contributed by atoms with Gasteiger partial charge in [0.05, 0.1) is 12.1 Å². The van der Waals surface area contributed by atoms with Crippen LogP contribution in [-0.4, -0.2) is 20.9 Å². The van der Waals surface area contributed by atoms with Gasteiger partial charge in [-0.25, -0.2) is 0 Å². The maximum Gasteiger partial charge on any atom is 0.306 e. The number of aliphatic carboxylic acids is 1. The van der Waals surface area contributed by atoms with E-state index in [1.165, 1.54) is 0 Å². The molecule has 0 aromatic carbocycles. The molecule has 2 rings (SSSR count). The van der Waals surface area contributed by atoms with Crippen molar-refractivity contribution in [3.8, 4) is 0 Å². The van der Waals surface area contributed by atoms with E-state index in [1.807, 2.05) is 13.2 Å². The summed E-state index contributed by atoms with van der Waals surface area (Å²) in [6.07, 6.45) is 5.42. The molecule has 1 heterocycles. The molecule has 1 N–H and O–H groups in total. The fourth-order valence-corrected chi connectivity index (χ4v) is 1.66. The molecule has 1 aromatic heterocycles. The van der Waals surface area contributed by atoms with Crippen LogP contribution in [-0.2, 0) is 18.3 Å². The molecule has 0 amide bonds. The van der Waals surface area contributed by atoms with Crippen molar-refractivity contribution in [2.45, 2.75) is 12.8 Å². The fourth-order valence-electron chi connectivity index (χ4n) is 1.66. The van der Waals surface area contributed by atoms with Crippen molar-refractivity contribution in [3.05, 3.63) is 18.0 Å². The second-order valence-electron chi connectivity index (χ2n) is 3.67. The Kier molecular flexibility index (Phi) is 1.83. The van der Waals surface area contributed by atoms with Gasteiger partial charge in [0.15, 0.2) is 0 Å². The van der Waals surface area contributed by atoms with Crippen LogP contribution in [0.3, 0.4) is 0 Å². The van der Waals surface area contributed by atoms with Gasteiger partial charge in [0.25, 0.3) is 0 Å². The van der Waals surface area contributed by atoms with Crippen LogP contribution in [0.1, 0.15) is 12.0 Å². The van der Waals surface area contributed by atoms with Crippen LogP contribution in [0.15, 0.2) is 12.4 Å². The molecule has 0 radical (unpaired) electrons. The lowest BCUT2D eigenvalue weighted by atomic mass is 10.1. The maximum absolute atomic E-state index is 10.5. The average Bonchev–Trinajstić information content (AvgIpc) is 2.69. The quantitative estimate of drug-likeness (QED) is 0.744. The zero-order valence-electron chi connectivity index (χ0n) is 7.47. The van der Waals surface area contributed by atoms with Crippen LogP contribution in [0.5, 0.6) is 0 Å². The molecule has 13 heavy (non-hydrogen) atoms. The minimum Gasteiger partial charge on any atom is -0.481 e. The van der Waals surface area contributed by atoms with Gasteiger partial charge in [-0.3, -0.25) is 9.48 Å². The van der Waals surface area contributed by atoms with Crippen molar-refractivity contribution in [2.24, 2.45) is 18.9 Å². The summed E-state index contributed by atoms with van der Waals surface area (Å²) in [5, 5.41) is 12.7. The first-order chi connectivity index (χ1) is 6.16. The first-order valence-corrected chi connectivity index (χ1v) is 4.37. The lowest BCUT2D eigenvalue weighted by Gasteiger charge is -1.92. The van der Waals surface area contributed by atoms with Crippen molar-refractivity contribution in [2.75, 3.05) is 0 Å². The summed E-state index contributed by atoms with van der Waals surface area (Å²) in [5.41, 5.74) is 1.14. The smallest absolute Gasteiger partial charge is 0.306 e. The molecule has 4 nitrogen and oxygen atoms in total. The molecule has 1 saturated carbocycles. The van der Waals surface area contributed by atoms with E-state index < -0.39 is 5.97 Å². The molecular formula is C9H12N2O2. The molecule has 0 saturated heterocycles. The van der Waals surface area contributed by atoms with Crippen LogP contribution < -0.4 is 0 Å². The van der Waals surface area contributed by atoms with Gasteiger partial charge < -0.3 is 5.11 Å². The lowest BCUT2D eigenvalue weighted by molar-refractivity contribution is -0.138. The number of carboxylic acid groups (broad SMARTS) is 1. The zero-order valence-corrected chi connectivity index (χ0v) is 7.47. The normalized spacial score (nSPS) is 25.9. The average molecular weight is 180 g/mol. The third kappa shape index (κ3) is 1.71. The number of rotatable bonds is 3. The van der Waals surface area contributed by atoms with Gasteiger partial charge in [-0.2, -0.15) is 5.10 Å². The van der Waals surface area contributed by atoms with Crippen molar-refractivity contribution < 1.29 is 9.90 Å². The van der Waals surface area contributed by atoms with E-state index in [-0.39, 0.29) is 5.92 Å². The highest BCUT2D eigenvalue weighted by atomic mass is 16.4. The molecule has 2 atom stereocenters. The monoisotopic (exact) mass is 180 g/mol. The van der Waals surface area contributed by atoms with Crippen LogP contribution in [0.4, 0.5) is 0 Å². The molecule has 0 bridgehead atoms. The Morgan fingerprint density at radius 3 is 3.08 bits per heavy atom. The van der Waals surface area contributed by atoms with Crippen molar-refractivity contribution in [3.63, 3.8) is 0 Å². The summed E-state index contributed by atoms with van der Waals surface area (Å²) in [5.74, 6) is -0.434. The highest BCUT2D eigenvalue weighted by Gasteiger charge is 2.42. The topological polar surface area (TPSA) is 55.1 Å². The molecule has 0 spiro atoms. The Morgan fingerprint density at radius 2 is 2.62 bits per heavy atom. The van der Waals surface area contributed by atoms with Crippen LogP contribution >= 0.6 is 0 Å². The van der Waals surface area contributed by atoms with Crippen LogP contribution in [0.2, 0.25) is 0 Å². The van der Waals surface area contributed by atoms with Gasteiger partial charge in [-0.05, 0) is 24.3 Å². The Morgan fingerprint density at radius 1 is 1.85 bits per heavy atom.